The maximum atomic E-state index is 12.3. The van der Waals surface area contributed by atoms with Crippen molar-refractivity contribution in [2.24, 2.45) is 0 Å². The molecular formula is C16H18N2O2S. The van der Waals surface area contributed by atoms with Gasteiger partial charge in [-0.3, -0.25) is 0 Å². The molecule has 1 aromatic heterocycles. The average molecular weight is 302 g/mol. The maximum absolute atomic E-state index is 12.3. The summed E-state index contributed by atoms with van der Waals surface area (Å²) in [7, 11) is 1.61. The van der Waals surface area contributed by atoms with E-state index in [1.807, 2.05) is 41.8 Å². The molecule has 0 fully saturated rings. The van der Waals surface area contributed by atoms with Crippen molar-refractivity contribution in [3.05, 3.63) is 59.3 Å². The normalized spacial score (nSPS) is 9.95. The largest absolute Gasteiger partial charge is 0.497 e. The first-order valence-electron chi connectivity index (χ1n) is 6.56. The molecule has 1 aromatic carbocycles. The third-order valence-corrected chi connectivity index (χ3v) is 3.77. The van der Waals surface area contributed by atoms with Crippen LogP contribution in [0.15, 0.2) is 54.4 Å². The number of thiophene rings is 1. The Hall–Kier alpha value is -2.27. The molecule has 4 nitrogen and oxygen atoms in total. The predicted octanol–water partition coefficient (Wildman–Crippen LogP) is 3.98. The molecule has 0 aliphatic heterocycles. The first kappa shape index (κ1) is 15.1. The highest BCUT2D eigenvalue weighted by molar-refractivity contribution is 7.09. The Labute approximate surface area is 128 Å². The van der Waals surface area contributed by atoms with Crippen molar-refractivity contribution >= 4 is 23.1 Å². The Morgan fingerprint density at radius 3 is 2.71 bits per heavy atom. The molecule has 1 N–H and O–H groups in total. The van der Waals surface area contributed by atoms with Crippen molar-refractivity contribution in [3.63, 3.8) is 0 Å². The molecule has 2 rings (SSSR count). The van der Waals surface area contributed by atoms with Crippen LogP contribution in [0.5, 0.6) is 5.75 Å². The molecule has 0 spiro atoms. The van der Waals surface area contributed by atoms with Crippen LogP contribution in [0.2, 0.25) is 0 Å². The van der Waals surface area contributed by atoms with E-state index in [9.17, 15) is 4.79 Å². The van der Waals surface area contributed by atoms with Gasteiger partial charge < -0.3 is 15.0 Å². The van der Waals surface area contributed by atoms with Crippen LogP contribution in [-0.2, 0) is 6.54 Å². The number of urea groups is 1. The molecule has 21 heavy (non-hydrogen) atoms. The van der Waals surface area contributed by atoms with Crippen LogP contribution < -0.4 is 10.1 Å². The first-order valence-corrected chi connectivity index (χ1v) is 7.44. The highest BCUT2D eigenvalue weighted by atomic mass is 32.1. The quantitative estimate of drug-likeness (QED) is 0.820. The first-order chi connectivity index (χ1) is 10.2. The topological polar surface area (TPSA) is 41.6 Å². The number of nitrogens with zero attached hydrogens (tertiary/aromatic N) is 1. The summed E-state index contributed by atoms with van der Waals surface area (Å²) in [6.45, 7) is 4.78. The van der Waals surface area contributed by atoms with Crippen LogP contribution in [0, 0.1) is 0 Å². The van der Waals surface area contributed by atoms with Crippen molar-refractivity contribution < 1.29 is 9.53 Å². The summed E-state index contributed by atoms with van der Waals surface area (Å²) in [5.74, 6) is 0.759. The second kappa shape index (κ2) is 7.50. The summed E-state index contributed by atoms with van der Waals surface area (Å²) in [5, 5.41) is 4.88. The van der Waals surface area contributed by atoms with Gasteiger partial charge in [-0.2, -0.15) is 0 Å². The van der Waals surface area contributed by atoms with Gasteiger partial charge in [-0.05, 0) is 35.7 Å². The summed E-state index contributed by atoms with van der Waals surface area (Å²) in [5.41, 5.74) is 0.737. The van der Waals surface area contributed by atoms with Gasteiger partial charge in [0.25, 0.3) is 0 Å². The molecule has 2 amide bonds. The molecule has 5 heteroatoms. The number of methoxy groups -OCH3 is 1. The zero-order chi connectivity index (χ0) is 15.1. The molecule has 0 saturated carbocycles. The van der Waals surface area contributed by atoms with Crippen molar-refractivity contribution in [2.75, 3.05) is 19.0 Å². The standard InChI is InChI=1S/C16H18N2O2S/c1-3-10-18(12-15-5-4-11-21-15)16(19)17-13-6-8-14(20-2)9-7-13/h3-9,11H,1,10,12H2,2H3,(H,17,19). The fourth-order valence-electron chi connectivity index (χ4n) is 1.84. The fraction of sp³-hybridized carbons (Fsp3) is 0.188. The minimum atomic E-state index is -0.145. The van der Waals surface area contributed by atoms with Gasteiger partial charge >= 0.3 is 6.03 Å². The fourth-order valence-corrected chi connectivity index (χ4v) is 2.56. The highest BCUT2D eigenvalue weighted by Gasteiger charge is 2.13. The number of nitrogens with one attached hydrogen (secondary N) is 1. The van der Waals surface area contributed by atoms with E-state index in [0.29, 0.717) is 13.1 Å². The van der Waals surface area contributed by atoms with Crippen LogP contribution in [0.25, 0.3) is 0 Å². The molecular weight excluding hydrogens is 284 g/mol. The van der Waals surface area contributed by atoms with E-state index in [4.69, 9.17) is 4.74 Å². The van der Waals surface area contributed by atoms with Gasteiger partial charge in [-0.1, -0.05) is 12.1 Å². The molecule has 110 valence electrons. The Kier molecular flexibility index (Phi) is 5.40. The second-order valence-corrected chi connectivity index (χ2v) is 5.44. The molecule has 0 radical (unpaired) electrons. The zero-order valence-corrected chi connectivity index (χ0v) is 12.7. The summed E-state index contributed by atoms with van der Waals surface area (Å²) >= 11 is 1.63. The van der Waals surface area contributed by atoms with E-state index < -0.39 is 0 Å². The molecule has 0 unspecified atom stereocenters. The van der Waals surface area contributed by atoms with E-state index in [1.165, 1.54) is 0 Å². The smallest absolute Gasteiger partial charge is 0.322 e. The Morgan fingerprint density at radius 2 is 2.14 bits per heavy atom. The number of carbonyl (C=O) groups is 1. The van der Waals surface area contributed by atoms with Crippen molar-refractivity contribution in [2.45, 2.75) is 6.54 Å². The lowest BCUT2D eigenvalue weighted by atomic mass is 10.3. The van der Waals surface area contributed by atoms with Gasteiger partial charge in [-0.15, -0.1) is 17.9 Å². The van der Waals surface area contributed by atoms with E-state index in [1.54, 1.807) is 29.4 Å². The van der Waals surface area contributed by atoms with Crippen molar-refractivity contribution in [1.82, 2.24) is 4.90 Å². The summed E-state index contributed by atoms with van der Waals surface area (Å²) in [6.07, 6.45) is 1.72. The SMILES string of the molecule is C=CCN(Cc1cccs1)C(=O)Nc1ccc(OC)cc1. The molecule has 0 saturated heterocycles. The molecule has 1 heterocycles. The van der Waals surface area contributed by atoms with Gasteiger partial charge in [-0.25, -0.2) is 4.79 Å². The summed E-state index contributed by atoms with van der Waals surface area (Å²) < 4.78 is 5.10. The Balaban J connectivity index is 2.01. The highest BCUT2D eigenvalue weighted by Crippen LogP contribution is 2.17. The number of ether oxygens (including phenoxy) is 1. The number of benzene rings is 1. The number of carbonyl (C=O) groups excluding carboxylic acids is 1. The van der Waals surface area contributed by atoms with Gasteiger partial charge in [0.15, 0.2) is 0 Å². The monoisotopic (exact) mass is 302 g/mol. The van der Waals surface area contributed by atoms with Gasteiger partial charge in [0.2, 0.25) is 0 Å². The van der Waals surface area contributed by atoms with Crippen LogP contribution in [-0.4, -0.2) is 24.6 Å². The Morgan fingerprint density at radius 1 is 1.38 bits per heavy atom. The number of rotatable bonds is 6. The third-order valence-electron chi connectivity index (χ3n) is 2.90. The summed E-state index contributed by atoms with van der Waals surface area (Å²) in [4.78, 5) is 15.2. The minimum absolute atomic E-state index is 0.145. The summed E-state index contributed by atoms with van der Waals surface area (Å²) in [6, 6.07) is 11.1. The van der Waals surface area contributed by atoms with Crippen LogP contribution in [0.1, 0.15) is 4.88 Å². The van der Waals surface area contributed by atoms with E-state index in [-0.39, 0.29) is 6.03 Å². The lowest BCUT2D eigenvalue weighted by Gasteiger charge is -2.21. The number of amides is 2. The molecule has 0 atom stereocenters. The van der Waals surface area contributed by atoms with E-state index in [2.05, 4.69) is 11.9 Å². The Bertz CT molecular complexity index is 579. The van der Waals surface area contributed by atoms with Crippen LogP contribution in [0.3, 0.4) is 0 Å². The van der Waals surface area contributed by atoms with Gasteiger partial charge in [0, 0.05) is 17.1 Å². The van der Waals surface area contributed by atoms with Gasteiger partial charge in [0.05, 0.1) is 13.7 Å². The molecule has 0 aliphatic carbocycles. The maximum Gasteiger partial charge on any atom is 0.322 e. The van der Waals surface area contributed by atoms with Crippen molar-refractivity contribution in [1.29, 1.82) is 0 Å². The van der Waals surface area contributed by atoms with E-state index in [0.717, 1.165) is 16.3 Å². The predicted molar refractivity (Wildman–Crippen MR) is 86.9 cm³/mol. The van der Waals surface area contributed by atoms with Gasteiger partial charge in [0.1, 0.15) is 5.75 Å². The van der Waals surface area contributed by atoms with Crippen LogP contribution in [0.4, 0.5) is 10.5 Å². The number of hydrogen-bond acceptors (Lipinski definition) is 3. The van der Waals surface area contributed by atoms with Crippen LogP contribution >= 0.6 is 11.3 Å². The third kappa shape index (κ3) is 4.36. The zero-order valence-electron chi connectivity index (χ0n) is 11.9. The van der Waals surface area contributed by atoms with Crippen molar-refractivity contribution in [3.8, 4) is 5.75 Å². The molecule has 2 aromatic rings. The molecule has 0 bridgehead atoms. The number of hydrogen-bond donors (Lipinski definition) is 1. The minimum Gasteiger partial charge on any atom is -0.497 e. The van der Waals surface area contributed by atoms with E-state index >= 15 is 0 Å². The lowest BCUT2D eigenvalue weighted by Crippen LogP contribution is -2.34. The lowest BCUT2D eigenvalue weighted by molar-refractivity contribution is 0.215. The number of anilines is 1. The average Bonchev–Trinajstić information content (AvgIpc) is 3.00. The molecule has 0 aliphatic rings. The second-order valence-electron chi connectivity index (χ2n) is 4.41.